The van der Waals surface area contributed by atoms with Gasteiger partial charge in [0.2, 0.25) is 11.8 Å². The van der Waals surface area contributed by atoms with E-state index < -0.39 is 23.6 Å². The van der Waals surface area contributed by atoms with Gasteiger partial charge in [-0.2, -0.15) is 0 Å². The van der Waals surface area contributed by atoms with E-state index in [1.165, 1.54) is 40.5 Å². The molecule has 2 aromatic carbocycles. The lowest BCUT2D eigenvalue weighted by atomic mass is 9.68. The summed E-state index contributed by atoms with van der Waals surface area (Å²) in [5.41, 5.74) is 1.37. The quantitative estimate of drug-likeness (QED) is 0.197. The number of carboxylic acid groups (broad SMARTS) is 1. The van der Waals surface area contributed by atoms with Crippen molar-refractivity contribution in [2.45, 2.75) is 48.3 Å². The van der Waals surface area contributed by atoms with Crippen LogP contribution in [0.1, 0.15) is 48.5 Å². The number of hydrogen-bond acceptors (Lipinski definition) is 8. The van der Waals surface area contributed by atoms with Crippen molar-refractivity contribution in [3.05, 3.63) is 74.5 Å². The van der Waals surface area contributed by atoms with Crippen molar-refractivity contribution in [2.24, 2.45) is 29.6 Å². The number of carboxylic acids is 1. The molecule has 3 aromatic rings. The van der Waals surface area contributed by atoms with Crippen molar-refractivity contribution >= 4 is 52.5 Å². The molecule has 3 amide bonds. The fraction of sp³-hybridized carbons (Fsp3) is 0.424. The molecule has 3 fully saturated rings. The lowest BCUT2D eigenvalue weighted by molar-refractivity contribution is -0.141. The molecular formula is C33H32FN3O7S2. The second-order valence-corrected chi connectivity index (χ2v) is 14.6. The highest BCUT2D eigenvalue weighted by molar-refractivity contribution is 8.00. The summed E-state index contributed by atoms with van der Waals surface area (Å²) in [6, 6.07) is 12.9. The number of imide groups is 1. The first-order valence-electron chi connectivity index (χ1n) is 15.4. The maximum atomic E-state index is 13.8. The standard InChI is InChI=1S/C33H32FN3O7S2/c34-17-8-10-18(11-9-17)35-22(38)15-44-19-6-4-5-16(13-19)24-25-20-14-21(28(25)45-30-29(24)46-33(43)36-30)27-26(20)31(41)37(32(27)42)12-3-1-2-7-23(39)40/h4-6,8-11,13,20-21,24-28H,1-3,7,12,14-15H2,(H,35,38)(H,36,43)(H,39,40)/t20?,21?,24-,25?,26?,27?,28?/m1/s1. The lowest BCUT2D eigenvalue weighted by Gasteiger charge is -2.43. The van der Waals surface area contributed by atoms with Crippen LogP contribution in [0.3, 0.4) is 0 Å². The summed E-state index contributed by atoms with van der Waals surface area (Å²) < 4.78 is 19.1. The number of benzene rings is 2. The molecule has 2 saturated carbocycles. The zero-order valence-corrected chi connectivity index (χ0v) is 26.3. The smallest absolute Gasteiger partial charge is 0.305 e. The monoisotopic (exact) mass is 665 g/mol. The van der Waals surface area contributed by atoms with Crippen molar-refractivity contribution < 1.29 is 33.4 Å². The van der Waals surface area contributed by atoms with Gasteiger partial charge < -0.3 is 20.1 Å². The number of carbonyl (C=O) groups is 4. The Hall–Kier alpha value is -3.97. The Bertz CT molecular complexity index is 1760. The number of thioether (sulfide) groups is 1. The molecule has 2 bridgehead atoms. The number of amides is 3. The third kappa shape index (κ3) is 5.53. The van der Waals surface area contributed by atoms with Gasteiger partial charge in [-0.1, -0.05) is 29.9 Å². The number of likely N-dealkylation sites (tertiary alicyclic amines) is 1. The molecule has 1 saturated heterocycles. The molecule has 3 N–H and O–H groups in total. The summed E-state index contributed by atoms with van der Waals surface area (Å²) in [4.78, 5) is 68.5. The predicted octanol–water partition coefficient (Wildman–Crippen LogP) is 4.71. The molecular weight excluding hydrogens is 634 g/mol. The van der Waals surface area contributed by atoms with E-state index in [1.807, 2.05) is 18.2 Å². The number of anilines is 1. The minimum Gasteiger partial charge on any atom is -0.484 e. The molecule has 7 atom stereocenters. The number of aliphatic carboxylic acids is 1. The van der Waals surface area contributed by atoms with Crippen LogP contribution in [0.4, 0.5) is 10.1 Å². The highest BCUT2D eigenvalue weighted by atomic mass is 32.2. The van der Waals surface area contributed by atoms with Crippen LogP contribution in [0.5, 0.6) is 5.75 Å². The van der Waals surface area contributed by atoms with Crippen molar-refractivity contribution in [3.8, 4) is 5.75 Å². The molecule has 4 aliphatic rings. The second-order valence-electron chi connectivity index (χ2n) is 12.4. The number of nitrogens with one attached hydrogen (secondary N) is 2. The van der Waals surface area contributed by atoms with Crippen LogP contribution in [0.2, 0.25) is 0 Å². The third-order valence-electron chi connectivity index (χ3n) is 9.80. The SMILES string of the molecule is O=C(O)CCCCCN1C(=O)C2C3CC(C2C1=O)C1C3Sc2[nH]c(=O)sc2[C@@H]1c1cccc(OCC(=O)Nc2ccc(F)cc2)c1. The third-order valence-corrected chi connectivity index (χ3v) is 12.4. The first kappa shape index (κ1) is 30.7. The number of hydrogen-bond donors (Lipinski definition) is 3. The van der Waals surface area contributed by atoms with Crippen molar-refractivity contribution in [2.75, 3.05) is 18.5 Å². The molecule has 7 rings (SSSR count). The van der Waals surface area contributed by atoms with Gasteiger partial charge in [0.05, 0.1) is 16.9 Å². The zero-order chi connectivity index (χ0) is 32.1. The van der Waals surface area contributed by atoms with Crippen LogP contribution in [-0.4, -0.2) is 57.1 Å². The van der Waals surface area contributed by atoms with Gasteiger partial charge in [-0.05, 0) is 79.0 Å². The summed E-state index contributed by atoms with van der Waals surface area (Å²) in [6.45, 7) is 0.0533. The van der Waals surface area contributed by atoms with Crippen molar-refractivity contribution in [1.29, 1.82) is 0 Å². The normalized spacial score (nSPS) is 27.3. The maximum Gasteiger partial charge on any atom is 0.305 e. The van der Waals surface area contributed by atoms with E-state index in [4.69, 9.17) is 9.84 Å². The Balaban J connectivity index is 1.10. The molecule has 6 unspecified atom stereocenters. The summed E-state index contributed by atoms with van der Waals surface area (Å²) in [5.74, 6) is -2.36. The van der Waals surface area contributed by atoms with Crippen molar-refractivity contribution in [3.63, 3.8) is 0 Å². The van der Waals surface area contributed by atoms with Gasteiger partial charge in [0.1, 0.15) is 11.6 Å². The van der Waals surface area contributed by atoms with Gasteiger partial charge >= 0.3 is 10.8 Å². The molecule has 3 heterocycles. The highest BCUT2D eigenvalue weighted by Gasteiger charge is 2.69. The number of aromatic amines is 1. The largest absolute Gasteiger partial charge is 0.484 e. The van der Waals surface area contributed by atoms with E-state index in [1.54, 1.807) is 17.8 Å². The molecule has 2 aliphatic heterocycles. The van der Waals surface area contributed by atoms with Gasteiger partial charge in [-0.15, -0.1) is 11.8 Å². The number of fused-ring (bicyclic) bond motifs is 9. The van der Waals surface area contributed by atoms with E-state index in [0.717, 1.165) is 21.9 Å². The summed E-state index contributed by atoms with van der Waals surface area (Å²) in [7, 11) is 0. The molecule has 13 heteroatoms. The number of aromatic nitrogens is 1. The Morgan fingerprint density at radius 2 is 1.78 bits per heavy atom. The van der Waals surface area contributed by atoms with Crippen LogP contribution >= 0.6 is 23.1 Å². The van der Waals surface area contributed by atoms with Crippen LogP contribution in [0, 0.1) is 35.4 Å². The number of carbonyl (C=O) groups excluding carboxylic acids is 3. The van der Waals surface area contributed by atoms with E-state index in [0.29, 0.717) is 37.2 Å². The molecule has 46 heavy (non-hydrogen) atoms. The number of nitrogens with zero attached hydrogens (tertiary/aromatic N) is 1. The summed E-state index contributed by atoms with van der Waals surface area (Å²) in [6.07, 6.45) is 2.57. The topological polar surface area (TPSA) is 146 Å². The molecule has 0 spiro atoms. The molecule has 2 aliphatic carbocycles. The number of unbranched alkanes of at least 4 members (excludes halogenated alkanes) is 2. The Morgan fingerprint density at radius 3 is 2.54 bits per heavy atom. The molecule has 10 nitrogen and oxygen atoms in total. The summed E-state index contributed by atoms with van der Waals surface area (Å²) in [5, 5.41) is 12.4. The van der Waals surface area contributed by atoms with Gasteiger partial charge in [0, 0.05) is 34.7 Å². The number of thiazole rings is 1. The second kappa shape index (κ2) is 12.3. The van der Waals surface area contributed by atoms with E-state index in [2.05, 4.69) is 10.3 Å². The Kier molecular flexibility index (Phi) is 8.22. The average molecular weight is 666 g/mol. The molecule has 1 aromatic heterocycles. The van der Waals surface area contributed by atoms with Gasteiger partial charge in [-0.25, -0.2) is 4.39 Å². The maximum absolute atomic E-state index is 13.8. The number of halogens is 1. The Morgan fingerprint density at radius 1 is 1.02 bits per heavy atom. The van der Waals surface area contributed by atoms with Crippen LogP contribution in [0.25, 0.3) is 0 Å². The first-order chi connectivity index (χ1) is 22.2. The molecule has 0 radical (unpaired) electrons. The van der Waals surface area contributed by atoms with Gasteiger partial charge in [0.25, 0.3) is 5.91 Å². The Labute approximate surface area is 271 Å². The minimum atomic E-state index is -0.853. The van der Waals surface area contributed by atoms with Crippen LogP contribution < -0.4 is 14.9 Å². The number of ether oxygens (including phenoxy) is 1. The van der Waals surface area contributed by atoms with Crippen LogP contribution in [-0.2, 0) is 19.2 Å². The first-order valence-corrected chi connectivity index (χ1v) is 17.1. The van der Waals surface area contributed by atoms with E-state index in [-0.39, 0.29) is 64.6 Å². The lowest BCUT2D eigenvalue weighted by Crippen LogP contribution is -2.42. The zero-order valence-electron chi connectivity index (χ0n) is 24.6. The number of rotatable bonds is 11. The average Bonchev–Trinajstić information content (AvgIpc) is 3.76. The minimum absolute atomic E-state index is 0.00658. The van der Waals surface area contributed by atoms with E-state index in [9.17, 15) is 28.4 Å². The highest BCUT2D eigenvalue weighted by Crippen LogP contribution is 2.68. The van der Waals surface area contributed by atoms with Gasteiger partial charge in [-0.3, -0.25) is 28.9 Å². The predicted molar refractivity (Wildman–Crippen MR) is 168 cm³/mol. The van der Waals surface area contributed by atoms with E-state index >= 15 is 0 Å². The number of H-pyrrole nitrogens is 1. The van der Waals surface area contributed by atoms with Crippen molar-refractivity contribution in [1.82, 2.24) is 9.88 Å². The van der Waals surface area contributed by atoms with Crippen LogP contribution in [0.15, 0.2) is 58.4 Å². The van der Waals surface area contributed by atoms with Gasteiger partial charge in [0.15, 0.2) is 6.61 Å². The fourth-order valence-corrected chi connectivity index (χ4v) is 11.0. The fourth-order valence-electron chi connectivity index (χ4n) is 8.07. The molecule has 240 valence electrons. The summed E-state index contributed by atoms with van der Waals surface area (Å²) >= 11 is 2.79.